The Bertz CT molecular complexity index is 400. The van der Waals surface area contributed by atoms with E-state index in [1.807, 2.05) is 0 Å². The third kappa shape index (κ3) is 3.35. The van der Waals surface area contributed by atoms with E-state index in [9.17, 15) is 9.18 Å². The van der Waals surface area contributed by atoms with Crippen molar-refractivity contribution in [2.24, 2.45) is 5.92 Å². The van der Waals surface area contributed by atoms with Crippen LogP contribution in [0.25, 0.3) is 0 Å². The molecular weight excluding hydrogens is 253 g/mol. The van der Waals surface area contributed by atoms with Gasteiger partial charge in [0.05, 0.1) is 5.02 Å². The lowest BCUT2D eigenvalue weighted by Crippen LogP contribution is -2.22. The number of nitrogens with zero attached hydrogens (tertiary/aromatic N) is 1. The molecule has 1 atom stereocenters. The fraction of sp³-hybridized carbons (Fsp3) is 0.400. The number of hydrogen-bond donors (Lipinski definition) is 1. The molecule has 0 amide bonds. The normalized spacial score (nSPS) is 12.8. The van der Waals surface area contributed by atoms with Gasteiger partial charge in [-0.3, -0.25) is 4.79 Å². The first kappa shape index (κ1) is 13.3. The van der Waals surface area contributed by atoms with Crippen LogP contribution in [0.3, 0.4) is 0 Å². The first-order valence-electron chi connectivity index (χ1n) is 4.62. The van der Waals surface area contributed by atoms with Crippen molar-refractivity contribution >= 4 is 29.3 Å². The molecule has 88 valence electrons. The summed E-state index contributed by atoms with van der Waals surface area (Å²) in [5, 5.41) is 8.49. The zero-order valence-corrected chi connectivity index (χ0v) is 10.3. The summed E-state index contributed by atoms with van der Waals surface area (Å²) in [5.41, 5.74) is 0. The van der Waals surface area contributed by atoms with Gasteiger partial charge >= 0.3 is 5.97 Å². The molecule has 1 rings (SSSR count). The monoisotopic (exact) mass is 263 g/mol. The molecule has 0 saturated carbocycles. The molecule has 0 saturated heterocycles. The summed E-state index contributed by atoms with van der Waals surface area (Å²) in [6, 6.07) is 1.12. The number of carboxylic acids is 1. The Morgan fingerprint density at radius 2 is 2.25 bits per heavy atom. The number of hydrogen-bond acceptors (Lipinski definition) is 3. The average Bonchev–Trinajstić information content (AvgIpc) is 2.15. The van der Waals surface area contributed by atoms with E-state index in [1.165, 1.54) is 6.20 Å². The number of carbonyl (C=O) groups is 1. The topological polar surface area (TPSA) is 50.2 Å². The lowest BCUT2D eigenvalue weighted by atomic mass is 10.1. The number of aliphatic carboxylic acids is 1. The van der Waals surface area contributed by atoms with Crippen LogP contribution >= 0.6 is 23.4 Å². The predicted octanol–water partition coefficient (Wildman–Crippen LogP) is 3.08. The van der Waals surface area contributed by atoms with Crippen molar-refractivity contribution < 1.29 is 14.3 Å². The molecule has 1 N–H and O–H groups in total. The summed E-state index contributed by atoms with van der Waals surface area (Å²) in [6.07, 6.45) is 1.30. The SMILES string of the molecule is CC(C)C(Sc1ncc(Cl)cc1F)C(=O)O. The number of rotatable bonds is 4. The highest BCUT2D eigenvalue weighted by Crippen LogP contribution is 2.29. The Kier molecular flexibility index (Phi) is 4.56. The number of aromatic nitrogens is 1. The van der Waals surface area contributed by atoms with E-state index in [2.05, 4.69) is 4.98 Å². The average molecular weight is 264 g/mol. The van der Waals surface area contributed by atoms with Crippen molar-refractivity contribution in [3.8, 4) is 0 Å². The molecule has 0 aliphatic rings. The lowest BCUT2D eigenvalue weighted by Gasteiger charge is -2.15. The second kappa shape index (κ2) is 5.50. The van der Waals surface area contributed by atoms with Crippen molar-refractivity contribution in [3.05, 3.63) is 23.1 Å². The molecule has 1 aromatic heterocycles. The molecule has 1 aromatic rings. The summed E-state index contributed by atoms with van der Waals surface area (Å²) in [5.74, 6) is -1.68. The molecule has 0 aliphatic heterocycles. The Morgan fingerprint density at radius 3 is 2.69 bits per heavy atom. The van der Waals surface area contributed by atoms with Gasteiger partial charge in [0, 0.05) is 6.20 Å². The molecule has 16 heavy (non-hydrogen) atoms. The second-order valence-corrected chi connectivity index (χ2v) is 5.13. The number of pyridine rings is 1. The smallest absolute Gasteiger partial charge is 0.317 e. The van der Waals surface area contributed by atoms with Gasteiger partial charge in [0.15, 0.2) is 5.82 Å². The summed E-state index contributed by atoms with van der Waals surface area (Å²) in [7, 11) is 0. The van der Waals surface area contributed by atoms with Crippen LogP contribution in [0.15, 0.2) is 17.3 Å². The van der Waals surface area contributed by atoms with E-state index in [1.54, 1.807) is 13.8 Å². The number of carboxylic acid groups (broad SMARTS) is 1. The highest BCUT2D eigenvalue weighted by molar-refractivity contribution is 8.00. The summed E-state index contributed by atoms with van der Waals surface area (Å²) < 4.78 is 13.4. The van der Waals surface area contributed by atoms with Crippen LogP contribution in [-0.4, -0.2) is 21.3 Å². The fourth-order valence-corrected chi connectivity index (χ4v) is 2.12. The largest absolute Gasteiger partial charge is 0.480 e. The van der Waals surface area contributed by atoms with Crippen LogP contribution in [0.1, 0.15) is 13.8 Å². The molecule has 1 heterocycles. The van der Waals surface area contributed by atoms with Crippen LogP contribution in [-0.2, 0) is 4.79 Å². The fourth-order valence-electron chi connectivity index (χ4n) is 1.08. The Hall–Kier alpha value is -0.810. The third-order valence-corrected chi connectivity index (χ3v) is 3.59. The van der Waals surface area contributed by atoms with Crippen LogP contribution in [0.2, 0.25) is 5.02 Å². The molecule has 0 aliphatic carbocycles. The quantitative estimate of drug-likeness (QED) is 0.848. The van der Waals surface area contributed by atoms with Crippen molar-refractivity contribution in [1.82, 2.24) is 4.98 Å². The van der Waals surface area contributed by atoms with Gasteiger partial charge in [0.25, 0.3) is 0 Å². The van der Waals surface area contributed by atoms with Gasteiger partial charge in [0.1, 0.15) is 10.3 Å². The zero-order chi connectivity index (χ0) is 12.3. The van der Waals surface area contributed by atoms with Gasteiger partial charge in [0.2, 0.25) is 0 Å². The molecular formula is C10H11ClFNO2S. The van der Waals surface area contributed by atoms with Crippen molar-refractivity contribution in [2.75, 3.05) is 0 Å². The van der Waals surface area contributed by atoms with Gasteiger partial charge in [-0.05, 0) is 12.0 Å². The molecule has 0 spiro atoms. The summed E-state index contributed by atoms with van der Waals surface area (Å²) >= 11 is 6.45. The van der Waals surface area contributed by atoms with Crippen molar-refractivity contribution in [3.63, 3.8) is 0 Å². The van der Waals surface area contributed by atoms with Crippen LogP contribution in [0.5, 0.6) is 0 Å². The molecule has 6 heteroatoms. The second-order valence-electron chi connectivity index (χ2n) is 3.56. The first-order valence-corrected chi connectivity index (χ1v) is 5.88. The van der Waals surface area contributed by atoms with Gasteiger partial charge in [-0.15, -0.1) is 0 Å². The molecule has 0 fully saturated rings. The van der Waals surface area contributed by atoms with E-state index < -0.39 is 17.0 Å². The molecule has 3 nitrogen and oxygen atoms in total. The minimum atomic E-state index is -0.976. The van der Waals surface area contributed by atoms with E-state index in [-0.39, 0.29) is 16.0 Å². The Morgan fingerprint density at radius 1 is 1.62 bits per heavy atom. The molecule has 0 bridgehead atoms. The number of thioether (sulfide) groups is 1. The van der Waals surface area contributed by atoms with Gasteiger partial charge in [-0.25, -0.2) is 9.37 Å². The number of halogens is 2. The zero-order valence-electron chi connectivity index (χ0n) is 8.78. The minimum Gasteiger partial charge on any atom is -0.480 e. The highest BCUT2D eigenvalue weighted by Gasteiger charge is 2.24. The van der Waals surface area contributed by atoms with Crippen LogP contribution < -0.4 is 0 Å². The standard InChI is InChI=1S/C10H11ClFNO2S/c1-5(2)8(10(14)15)16-9-7(12)3-6(11)4-13-9/h3-5,8H,1-2H3,(H,14,15). The summed E-state index contributed by atoms with van der Waals surface area (Å²) in [6.45, 7) is 3.53. The van der Waals surface area contributed by atoms with E-state index in [0.29, 0.717) is 0 Å². The van der Waals surface area contributed by atoms with Crippen LogP contribution in [0, 0.1) is 11.7 Å². The van der Waals surface area contributed by atoms with Gasteiger partial charge in [-0.1, -0.05) is 37.2 Å². The minimum absolute atomic E-state index is 0.0606. The Labute approximate surface area is 102 Å². The maximum absolute atomic E-state index is 13.4. The van der Waals surface area contributed by atoms with Crippen LogP contribution in [0.4, 0.5) is 4.39 Å². The molecule has 1 unspecified atom stereocenters. The van der Waals surface area contributed by atoms with Crippen molar-refractivity contribution in [2.45, 2.75) is 24.1 Å². The highest BCUT2D eigenvalue weighted by atomic mass is 35.5. The third-order valence-electron chi connectivity index (χ3n) is 1.86. The molecule has 0 radical (unpaired) electrons. The van der Waals surface area contributed by atoms with E-state index in [4.69, 9.17) is 16.7 Å². The summed E-state index contributed by atoms with van der Waals surface area (Å²) in [4.78, 5) is 14.7. The maximum atomic E-state index is 13.4. The van der Waals surface area contributed by atoms with Gasteiger partial charge in [-0.2, -0.15) is 0 Å². The maximum Gasteiger partial charge on any atom is 0.317 e. The van der Waals surface area contributed by atoms with E-state index in [0.717, 1.165) is 17.8 Å². The van der Waals surface area contributed by atoms with Gasteiger partial charge < -0.3 is 5.11 Å². The lowest BCUT2D eigenvalue weighted by molar-refractivity contribution is -0.137. The Balaban J connectivity index is 2.90. The van der Waals surface area contributed by atoms with E-state index >= 15 is 0 Å². The molecule has 0 aromatic carbocycles. The first-order chi connectivity index (χ1) is 7.41. The predicted molar refractivity (Wildman–Crippen MR) is 61.3 cm³/mol. The van der Waals surface area contributed by atoms with Crippen molar-refractivity contribution in [1.29, 1.82) is 0 Å².